The van der Waals surface area contributed by atoms with Gasteiger partial charge in [-0.05, 0) is 30.2 Å². The van der Waals surface area contributed by atoms with E-state index in [1.165, 1.54) is 11.0 Å². The van der Waals surface area contributed by atoms with E-state index < -0.39 is 30.2 Å². The van der Waals surface area contributed by atoms with Crippen LogP contribution in [0, 0.1) is 11.7 Å². The Morgan fingerprint density at radius 3 is 2.80 bits per heavy atom. The van der Waals surface area contributed by atoms with Gasteiger partial charge >= 0.3 is 6.09 Å². The Morgan fingerprint density at radius 2 is 2.11 bits per heavy atom. The molecule has 1 amide bonds. The minimum Gasteiger partial charge on any atom is -0.442 e. The Kier molecular flexibility index (Phi) is 6.16. The van der Waals surface area contributed by atoms with E-state index in [1.54, 1.807) is 47.5 Å². The van der Waals surface area contributed by atoms with E-state index in [2.05, 4.69) is 20.5 Å². The predicted molar refractivity (Wildman–Crippen MR) is 124 cm³/mol. The van der Waals surface area contributed by atoms with Crippen molar-refractivity contribution in [2.24, 2.45) is 11.1 Å². The molecule has 1 fully saturated rings. The maximum Gasteiger partial charge on any atom is 0.414 e. The molecule has 0 spiro atoms. The van der Waals surface area contributed by atoms with Gasteiger partial charge in [0.25, 0.3) is 0 Å². The van der Waals surface area contributed by atoms with Crippen LogP contribution in [0.25, 0.3) is 11.1 Å². The Balaban J connectivity index is 1.26. The maximum absolute atomic E-state index is 15.0. The summed E-state index contributed by atoms with van der Waals surface area (Å²) in [6, 6.07) is 8.12. The molecule has 1 saturated heterocycles. The molecular weight excluding hydrogens is 455 g/mol. The first kappa shape index (κ1) is 22.9. The highest BCUT2D eigenvalue weighted by atomic mass is 19.1. The number of nitrogens with zero attached hydrogens (tertiary/aromatic N) is 6. The van der Waals surface area contributed by atoms with Crippen LogP contribution in [-0.2, 0) is 16.1 Å². The highest BCUT2D eigenvalue weighted by Gasteiger charge is 2.33. The van der Waals surface area contributed by atoms with Gasteiger partial charge in [0.2, 0.25) is 0 Å². The molecule has 0 bridgehead atoms. The van der Waals surface area contributed by atoms with Crippen molar-refractivity contribution in [3.63, 3.8) is 0 Å². The van der Waals surface area contributed by atoms with Crippen LogP contribution < -0.4 is 4.90 Å². The second-order valence-corrected chi connectivity index (χ2v) is 8.96. The molecular formula is C24H25FN6O4. The van der Waals surface area contributed by atoms with Gasteiger partial charge in [-0.25, -0.2) is 13.9 Å². The zero-order valence-electron chi connectivity index (χ0n) is 19.3. The monoisotopic (exact) mass is 480 g/mol. The van der Waals surface area contributed by atoms with E-state index in [4.69, 9.17) is 9.57 Å². The molecule has 1 N–H and O–H groups in total. The molecule has 2 aromatic heterocycles. The number of aromatic nitrogens is 4. The van der Waals surface area contributed by atoms with Crippen LogP contribution in [0.5, 0.6) is 0 Å². The summed E-state index contributed by atoms with van der Waals surface area (Å²) < 4.78 is 22.0. The molecule has 0 saturated carbocycles. The number of rotatable bonds is 7. The molecule has 2 unspecified atom stereocenters. The molecule has 35 heavy (non-hydrogen) atoms. The lowest BCUT2D eigenvalue weighted by molar-refractivity contribution is -0.0378. The Morgan fingerprint density at radius 1 is 1.26 bits per heavy atom. The number of ether oxygens (including phenoxy) is 1. The average molecular weight is 481 g/mol. The Bertz CT molecular complexity index is 1230. The van der Waals surface area contributed by atoms with Gasteiger partial charge in [0.15, 0.2) is 6.10 Å². The highest BCUT2D eigenvalue weighted by Crippen LogP contribution is 2.30. The predicted octanol–water partition coefficient (Wildman–Crippen LogP) is 3.01. The maximum atomic E-state index is 15.0. The van der Waals surface area contributed by atoms with E-state index >= 15 is 4.39 Å². The number of cyclic esters (lactones) is 1. The zero-order chi connectivity index (χ0) is 24.5. The van der Waals surface area contributed by atoms with Crippen molar-refractivity contribution in [3.05, 3.63) is 60.4 Å². The third-order valence-corrected chi connectivity index (χ3v) is 6.13. The summed E-state index contributed by atoms with van der Waals surface area (Å²) in [4.78, 5) is 23.5. The SMILES string of the molecule is CC(C)C(O)[C@H]1CC(c2ccc(-c3ccc(N4CC(Cn5ccnn5)OC4=O)cc3F)cn2)=NO1. The summed E-state index contributed by atoms with van der Waals surface area (Å²) in [5.41, 5.74) is 2.61. The summed E-state index contributed by atoms with van der Waals surface area (Å²) in [7, 11) is 0. The molecule has 2 aliphatic heterocycles. The van der Waals surface area contributed by atoms with Gasteiger partial charge in [-0.15, -0.1) is 5.10 Å². The van der Waals surface area contributed by atoms with Gasteiger partial charge in [0.05, 0.1) is 36.8 Å². The second kappa shape index (κ2) is 9.41. The number of carbonyl (C=O) groups is 1. The number of hydrogen-bond donors (Lipinski definition) is 1. The van der Waals surface area contributed by atoms with Crippen LogP contribution in [0.4, 0.5) is 14.9 Å². The largest absolute Gasteiger partial charge is 0.442 e. The fourth-order valence-electron chi connectivity index (χ4n) is 4.16. The van der Waals surface area contributed by atoms with Crippen LogP contribution in [0.2, 0.25) is 0 Å². The lowest BCUT2D eigenvalue weighted by Crippen LogP contribution is -2.31. The Hall–Kier alpha value is -3.86. The molecule has 1 aromatic carbocycles. The third kappa shape index (κ3) is 4.72. The van der Waals surface area contributed by atoms with Crippen molar-refractivity contribution in [1.82, 2.24) is 20.0 Å². The van der Waals surface area contributed by atoms with Gasteiger partial charge in [-0.3, -0.25) is 9.88 Å². The first-order chi connectivity index (χ1) is 16.9. The highest BCUT2D eigenvalue weighted by molar-refractivity contribution is 5.99. The van der Waals surface area contributed by atoms with E-state index in [0.29, 0.717) is 41.2 Å². The molecule has 0 aliphatic carbocycles. The number of anilines is 1. The quantitative estimate of drug-likeness (QED) is 0.553. The first-order valence-corrected chi connectivity index (χ1v) is 11.4. The van der Waals surface area contributed by atoms with E-state index in [1.807, 2.05) is 13.8 Å². The number of aliphatic hydroxyl groups is 1. The van der Waals surface area contributed by atoms with Crippen LogP contribution in [-0.4, -0.2) is 61.7 Å². The van der Waals surface area contributed by atoms with Crippen molar-refractivity contribution in [2.45, 2.75) is 45.1 Å². The van der Waals surface area contributed by atoms with Gasteiger partial charge in [0, 0.05) is 29.9 Å². The molecule has 182 valence electrons. The average Bonchev–Trinajstić information content (AvgIpc) is 3.60. The van der Waals surface area contributed by atoms with Gasteiger partial charge in [-0.2, -0.15) is 0 Å². The molecule has 4 heterocycles. The smallest absolute Gasteiger partial charge is 0.414 e. The van der Waals surface area contributed by atoms with E-state index in [0.717, 1.165) is 0 Å². The number of amides is 1. The van der Waals surface area contributed by atoms with Gasteiger partial charge in [-0.1, -0.05) is 30.3 Å². The number of oxime groups is 1. The molecule has 3 aromatic rings. The topological polar surface area (TPSA) is 115 Å². The van der Waals surface area contributed by atoms with Crippen molar-refractivity contribution < 1.29 is 23.9 Å². The summed E-state index contributed by atoms with van der Waals surface area (Å²) in [6.07, 6.45) is 3.30. The number of aliphatic hydroxyl groups excluding tert-OH is 1. The first-order valence-electron chi connectivity index (χ1n) is 11.4. The van der Waals surface area contributed by atoms with Crippen molar-refractivity contribution in [3.8, 4) is 11.1 Å². The van der Waals surface area contributed by atoms with Crippen LogP contribution in [0.1, 0.15) is 26.0 Å². The zero-order valence-corrected chi connectivity index (χ0v) is 19.3. The number of benzene rings is 1. The van der Waals surface area contributed by atoms with Crippen molar-refractivity contribution >= 4 is 17.5 Å². The lowest BCUT2D eigenvalue weighted by atomic mass is 9.97. The fraction of sp³-hybridized carbons (Fsp3) is 0.375. The molecule has 10 nitrogen and oxygen atoms in total. The summed E-state index contributed by atoms with van der Waals surface area (Å²) in [5.74, 6) is -0.427. The summed E-state index contributed by atoms with van der Waals surface area (Å²) >= 11 is 0. The minimum atomic E-state index is -0.617. The Labute approximate surface area is 201 Å². The molecule has 0 radical (unpaired) electrons. The van der Waals surface area contributed by atoms with Crippen LogP contribution in [0.15, 0.2) is 54.1 Å². The number of halogens is 1. The van der Waals surface area contributed by atoms with Crippen molar-refractivity contribution in [1.29, 1.82) is 0 Å². The van der Waals surface area contributed by atoms with E-state index in [9.17, 15) is 9.90 Å². The van der Waals surface area contributed by atoms with Gasteiger partial charge < -0.3 is 14.7 Å². The van der Waals surface area contributed by atoms with Gasteiger partial charge in [0.1, 0.15) is 17.6 Å². The molecule has 11 heteroatoms. The molecule has 2 aliphatic rings. The third-order valence-electron chi connectivity index (χ3n) is 6.13. The fourth-order valence-corrected chi connectivity index (χ4v) is 4.16. The number of hydrogen-bond acceptors (Lipinski definition) is 8. The number of carbonyl (C=O) groups excluding carboxylic acids is 1. The van der Waals surface area contributed by atoms with E-state index in [-0.39, 0.29) is 12.5 Å². The molecule has 5 rings (SSSR count). The minimum absolute atomic E-state index is 0.0535. The summed E-state index contributed by atoms with van der Waals surface area (Å²) in [5, 5.41) is 21.9. The van der Waals surface area contributed by atoms with Crippen LogP contribution >= 0.6 is 0 Å². The normalized spacial score (nSPS) is 20.7. The van der Waals surface area contributed by atoms with Crippen LogP contribution in [0.3, 0.4) is 0 Å². The number of pyridine rings is 1. The second-order valence-electron chi connectivity index (χ2n) is 8.96. The molecule has 3 atom stereocenters. The standard InChI is InChI=1S/C24H25FN6O4/c1-14(2)23(32)22-10-21(28-35-22)20-6-3-15(11-26-20)18-5-4-16(9-19(18)25)31-13-17(34-24(31)33)12-30-8-7-27-29-30/h3-9,11,14,17,22-23,32H,10,12-13H2,1-2H3/t17?,22-,23?/m1/s1. The summed E-state index contributed by atoms with van der Waals surface area (Å²) in [6.45, 7) is 4.49. The van der Waals surface area contributed by atoms with Crippen molar-refractivity contribution in [2.75, 3.05) is 11.4 Å². The lowest BCUT2D eigenvalue weighted by Gasteiger charge is -2.19.